The van der Waals surface area contributed by atoms with Crippen molar-refractivity contribution in [3.05, 3.63) is 41.3 Å². The van der Waals surface area contributed by atoms with E-state index in [0.29, 0.717) is 6.42 Å². The summed E-state index contributed by atoms with van der Waals surface area (Å²) in [6, 6.07) is 5.29. The number of aliphatic hydroxyl groups excluding tert-OH is 1. The third-order valence-corrected chi connectivity index (χ3v) is 8.77. The maximum Gasteiger partial charge on any atom is 0.223 e. The molecule has 2 N–H and O–H groups in total. The van der Waals surface area contributed by atoms with Crippen LogP contribution >= 0.6 is 11.3 Å². The minimum absolute atomic E-state index is 0.0350. The van der Waals surface area contributed by atoms with E-state index in [4.69, 9.17) is 0 Å². The van der Waals surface area contributed by atoms with E-state index in [0.717, 1.165) is 77.0 Å². The summed E-state index contributed by atoms with van der Waals surface area (Å²) in [4.78, 5) is 21.0. The number of nitrogens with zero attached hydrogens (tertiary/aromatic N) is 3. The van der Waals surface area contributed by atoms with Gasteiger partial charge in [0.1, 0.15) is 5.65 Å². The standard InChI is InChI=1S/C26H32FN3O3S/c1-15(13-23(31)30-12-4-6-16-17(26(32)33)5-3-7-20(16)30)19-14-29(2)25-24(19)18(10-11-28-25)21-8-9-22(27)34-21/h8-11,14-17,20,26,32-33H,3-7,12-13H2,1-2H3. The minimum Gasteiger partial charge on any atom is -0.368 e. The number of amides is 1. The fourth-order valence-corrected chi connectivity index (χ4v) is 7.04. The fraction of sp³-hybridized carbons (Fsp3) is 0.538. The van der Waals surface area contributed by atoms with Gasteiger partial charge in [-0.15, -0.1) is 11.3 Å². The minimum atomic E-state index is -1.31. The lowest BCUT2D eigenvalue weighted by Gasteiger charge is -2.48. The van der Waals surface area contributed by atoms with Crippen molar-refractivity contribution < 1.29 is 19.4 Å². The molecule has 3 aromatic heterocycles. The van der Waals surface area contributed by atoms with E-state index in [2.05, 4.69) is 11.9 Å². The summed E-state index contributed by atoms with van der Waals surface area (Å²) in [6.45, 7) is 2.80. The summed E-state index contributed by atoms with van der Waals surface area (Å²) in [5.74, 6) is 0.0977. The van der Waals surface area contributed by atoms with Crippen LogP contribution < -0.4 is 0 Å². The van der Waals surface area contributed by atoms with Crippen LogP contribution in [0.3, 0.4) is 0 Å². The Morgan fingerprint density at radius 2 is 2.06 bits per heavy atom. The van der Waals surface area contributed by atoms with Gasteiger partial charge in [0.05, 0.1) is 0 Å². The monoisotopic (exact) mass is 485 g/mol. The third-order valence-electron chi connectivity index (χ3n) is 7.86. The molecule has 8 heteroatoms. The second-order valence-electron chi connectivity index (χ2n) is 9.93. The summed E-state index contributed by atoms with van der Waals surface area (Å²) < 4.78 is 15.8. The van der Waals surface area contributed by atoms with Crippen molar-refractivity contribution in [1.29, 1.82) is 0 Å². The van der Waals surface area contributed by atoms with Crippen LogP contribution in [0.5, 0.6) is 0 Å². The molecule has 4 unspecified atom stereocenters. The number of pyridine rings is 1. The first kappa shape index (κ1) is 23.5. The molecule has 0 spiro atoms. The Hall–Kier alpha value is -2.29. The maximum atomic E-state index is 13.8. The molecule has 4 heterocycles. The topological polar surface area (TPSA) is 78.6 Å². The average molecular weight is 486 g/mol. The van der Waals surface area contributed by atoms with Gasteiger partial charge in [-0.05, 0) is 61.3 Å². The van der Waals surface area contributed by atoms with Crippen LogP contribution in [0.25, 0.3) is 21.5 Å². The second-order valence-corrected chi connectivity index (χ2v) is 11.0. The number of thiophene rings is 1. The second kappa shape index (κ2) is 9.40. The smallest absolute Gasteiger partial charge is 0.223 e. The molecule has 34 heavy (non-hydrogen) atoms. The predicted octanol–water partition coefficient (Wildman–Crippen LogP) is 4.65. The van der Waals surface area contributed by atoms with Crippen molar-refractivity contribution in [2.24, 2.45) is 18.9 Å². The van der Waals surface area contributed by atoms with E-state index in [-0.39, 0.29) is 34.8 Å². The molecule has 3 aromatic rings. The van der Waals surface area contributed by atoms with Gasteiger partial charge < -0.3 is 19.7 Å². The molecule has 0 radical (unpaired) electrons. The Labute approximate surface area is 203 Å². The number of carbonyl (C=O) groups is 1. The molecule has 2 fully saturated rings. The summed E-state index contributed by atoms with van der Waals surface area (Å²) in [7, 11) is 1.95. The van der Waals surface area contributed by atoms with E-state index in [9.17, 15) is 19.4 Å². The number of piperidine rings is 1. The van der Waals surface area contributed by atoms with Gasteiger partial charge in [-0.3, -0.25) is 4.79 Å². The number of aromatic nitrogens is 2. The number of halogens is 1. The molecular weight excluding hydrogens is 453 g/mol. The highest BCUT2D eigenvalue weighted by atomic mass is 32.1. The van der Waals surface area contributed by atoms with E-state index in [1.165, 1.54) is 6.07 Å². The third kappa shape index (κ3) is 4.16. The van der Waals surface area contributed by atoms with Crippen LogP contribution in [-0.2, 0) is 11.8 Å². The normalized spacial score (nSPS) is 23.9. The zero-order valence-electron chi connectivity index (χ0n) is 19.7. The summed E-state index contributed by atoms with van der Waals surface area (Å²) in [5.41, 5.74) is 2.81. The van der Waals surface area contributed by atoms with E-state index in [1.54, 1.807) is 12.3 Å². The van der Waals surface area contributed by atoms with E-state index < -0.39 is 6.29 Å². The van der Waals surface area contributed by atoms with Crippen molar-refractivity contribution in [2.75, 3.05) is 6.54 Å². The molecule has 1 aliphatic heterocycles. The highest BCUT2D eigenvalue weighted by Crippen LogP contribution is 2.42. The van der Waals surface area contributed by atoms with Crippen molar-refractivity contribution in [3.63, 3.8) is 0 Å². The number of aliphatic hydroxyl groups is 2. The first-order valence-electron chi connectivity index (χ1n) is 12.2. The van der Waals surface area contributed by atoms with Crippen LogP contribution in [0.4, 0.5) is 4.39 Å². The number of hydrogen-bond donors (Lipinski definition) is 2. The van der Waals surface area contributed by atoms with Gasteiger partial charge in [0.2, 0.25) is 5.91 Å². The molecule has 182 valence electrons. The molecule has 1 aliphatic carbocycles. The van der Waals surface area contributed by atoms with Gasteiger partial charge in [0, 0.05) is 60.2 Å². The lowest BCUT2D eigenvalue weighted by molar-refractivity contribution is -0.151. The highest BCUT2D eigenvalue weighted by molar-refractivity contribution is 7.14. The Balaban J connectivity index is 1.42. The predicted molar refractivity (Wildman–Crippen MR) is 131 cm³/mol. The number of aryl methyl sites for hydroxylation is 1. The number of rotatable bonds is 5. The van der Waals surface area contributed by atoms with Crippen molar-refractivity contribution in [2.45, 2.75) is 63.7 Å². The Morgan fingerprint density at radius 1 is 1.24 bits per heavy atom. The van der Waals surface area contributed by atoms with Gasteiger partial charge in [-0.1, -0.05) is 13.3 Å². The van der Waals surface area contributed by atoms with Crippen molar-refractivity contribution in [3.8, 4) is 10.4 Å². The van der Waals surface area contributed by atoms with Crippen LogP contribution in [-0.4, -0.2) is 49.4 Å². The van der Waals surface area contributed by atoms with Gasteiger partial charge in [-0.2, -0.15) is 4.39 Å². The lowest BCUT2D eigenvalue weighted by Crippen LogP contribution is -2.54. The molecule has 0 aromatic carbocycles. The van der Waals surface area contributed by atoms with Crippen LogP contribution in [0, 0.1) is 17.0 Å². The summed E-state index contributed by atoms with van der Waals surface area (Å²) in [6.07, 6.45) is 7.36. The van der Waals surface area contributed by atoms with Crippen LogP contribution in [0.1, 0.15) is 56.9 Å². The maximum absolute atomic E-state index is 13.8. The quantitative estimate of drug-likeness (QED) is 0.516. The molecule has 6 nitrogen and oxygen atoms in total. The summed E-state index contributed by atoms with van der Waals surface area (Å²) in [5, 5.41) is 20.5. The van der Waals surface area contributed by atoms with Gasteiger partial charge in [0.15, 0.2) is 11.4 Å². The zero-order chi connectivity index (χ0) is 24.0. The lowest BCUT2D eigenvalue weighted by atomic mass is 9.70. The van der Waals surface area contributed by atoms with E-state index in [1.807, 2.05) is 28.8 Å². The zero-order valence-corrected chi connectivity index (χ0v) is 20.5. The number of likely N-dealkylation sites (tertiary alicyclic amines) is 1. The largest absolute Gasteiger partial charge is 0.368 e. The number of hydrogen-bond acceptors (Lipinski definition) is 5. The first-order chi connectivity index (χ1) is 16.3. The fourth-order valence-electron chi connectivity index (χ4n) is 6.28. The Kier molecular flexibility index (Phi) is 6.48. The van der Waals surface area contributed by atoms with E-state index >= 15 is 0 Å². The van der Waals surface area contributed by atoms with Gasteiger partial charge >= 0.3 is 0 Å². The molecule has 1 saturated carbocycles. The average Bonchev–Trinajstić information content (AvgIpc) is 3.41. The Morgan fingerprint density at radius 3 is 2.79 bits per heavy atom. The molecule has 0 bridgehead atoms. The number of fused-ring (bicyclic) bond motifs is 2. The number of carbonyl (C=O) groups excluding carboxylic acids is 1. The Bertz CT molecular complexity index is 1190. The van der Waals surface area contributed by atoms with Crippen molar-refractivity contribution in [1.82, 2.24) is 14.5 Å². The molecule has 2 aliphatic rings. The summed E-state index contributed by atoms with van der Waals surface area (Å²) >= 11 is 1.12. The van der Waals surface area contributed by atoms with Gasteiger partial charge in [0.25, 0.3) is 0 Å². The van der Waals surface area contributed by atoms with Crippen LogP contribution in [0.2, 0.25) is 0 Å². The molecule has 5 rings (SSSR count). The van der Waals surface area contributed by atoms with Crippen LogP contribution in [0.15, 0.2) is 30.6 Å². The first-order valence-corrected chi connectivity index (χ1v) is 13.0. The molecular formula is C26H32FN3O3S. The SMILES string of the molecule is CC(CC(=O)N1CCCC2C(C(O)O)CCCC21)c1cn(C)c2nccc(-c3ccc(F)s3)c12. The molecule has 1 amide bonds. The van der Waals surface area contributed by atoms with Gasteiger partial charge in [-0.25, -0.2) is 4.98 Å². The van der Waals surface area contributed by atoms with Crippen molar-refractivity contribution >= 4 is 28.3 Å². The molecule has 1 saturated heterocycles. The highest BCUT2D eigenvalue weighted by Gasteiger charge is 2.43. The molecule has 4 atom stereocenters.